The third-order valence-corrected chi connectivity index (χ3v) is 4.17. The van der Waals surface area contributed by atoms with Gasteiger partial charge in [-0.25, -0.2) is 0 Å². The lowest BCUT2D eigenvalue weighted by Crippen LogP contribution is -2.31. The van der Waals surface area contributed by atoms with Crippen LogP contribution in [0.4, 0.5) is 4.39 Å². The molecule has 2 heteroatoms. The van der Waals surface area contributed by atoms with E-state index >= 15 is 0 Å². The SMILES string of the molecule is C[n+]1ccc(-c2cc3ccccc3c3ccccc23)cc1F. The summed E-state index contributed by atoms with van der Waals surface area (Å²) in [6.07, 6.45) is 1.76. The van der Waals surface area contributed by atoms with E-state index in [-0.39, 0.29) is 5.95 Å². The van der Waals surface area contributed by atoms with Gasteiger partial charge in [0, 0.05) is 12.1 Å². The van der Waals surface area contributed by atoms with Crippen molar-refractivity contribution in [3.8, 4) is 11.1 Å². The zero-order chi connectivity index (χ0) is 15.1. The molecule has 1 heterocycles. The second-order valence-corrected chi connectivity index (χ2v) is 5.54. The molecule has 0 aliphatic carbocycles. The molecule has 0 atom stereocenters. The number of hydrogen-bond acceptors (Lipinski definition) is 0. The molecule has 0 radical (unpaired) electrons. The lowest BCUT2D eigenvalue weighted by atomic mass is 9.94. The Hall–Kier alpha value is -2.74. The molecule has 4 rings (SSSR count). The Kier molecular flexibility index (Phi) is 2.90. The van der Waals surface area contributed by atoms with Gasteiger partial charge >= 0.3 is 5.95 Å². The van der Waals surface area contributed by atoms with E-state index in [4.69, 9.17) is 0 Å². The largest absolute Gasteiger partial charge is 0.359 e. The summed E-state index contributed by atoms with van der Waals surface area (Å²) in [6.45, 7) is 0. The Morgan fingerprint density at radius 1 is 0.773 bits per heavy atom. The summed E-state index contributed by atoms with van der Waals surface area (Å²) in [5.41, 5.74) is 1.96. The summed E-state index contributed by atoms with van der Waals surface area (Å²) >= 11 is 0. The van der Waals surface area contributed by atoms with Crippen molar-refractivity contribution < 1.29 is 8.96 Å². The second-order valence-electron chi connectivity index (χ2n) is 5.54. The molecule has 0 spiro atoms. The van der Waals surface area contributed by atoms with Gasteiger partial charge < -0.3 is 0 Å². The van der Waals surface area contributed by atoms with E-state index in [1.54, 1.807) is 19.3 Å². The number of benzene rings is 3. The first-order valence-corrected chi connectivity index (χ1v) is 7.30. The summed E-state index contributed by atoms with van der Waals surface area (Å²) in [4.78, 5) is 0. The summed E-state index contributed by atoms with van der Waals surface area (Å²) in [5, 5.41) is 4.74. The van der Waals surface area contributed by atoms with Crippen molar-refractivity contribution in [3.05, 3.63) is 78.9 Å². The van der Waals surface area contributed by atoms with Crippen molar-refractivity contribution in [1.82, 2.24) is 0 Å². The van der Waals surface area contributed by atoms with Crippen molar-refractivity contribution in [1.29, 1.82) is 0 Å². The van der Waals surface area contributed by atoms with Crippen LogP contribution in [0, 0.1) is 5.95 Å². The van der Waals surface area contributed by atoms with E-state index in [0.29, 0.717) is 0 Å². The van der Waals surface area contributed by atoms with E-state index in [1.165, 1.54) is 20.7 Å². The first kappa shape index (κ1) is 13.0. The molecule has 1 nitrogen and oxygen atoms in total. The number of pyridine rings is 1. The van der Waals surface area contributed by atoms with Gasteiger partial charge in [0.15, 0.2) is 6.20 Å². The van der Waals surface area contributed by atoms with Crippen LogP contribution >= 0.6 is 0 Å². The molecule has 0 N–H and O–H groups in total. The molecule has 0 saturated heterocycles. The van der Waals surface area contributed by atoms with Crippen LogP contribution in [-0.2, 0) is 7.05 Å². The maximum absolute atomic E-state index is 13.9. The monoisotopic (exact) mass is 288 g/mol. The molecule has 0 bridgehead atoms. The number of aromatic nitrogens is 1. The summed E-state index contributed by atoms with van der Waals surface area (Å²) in [7, 11) is 1.71. The maximum Gasteiger partial charge on any atom is 0.359 e. The quantitative estimate of drug-likeness (QED) is 0.273. The average molecular weight is 288 g/mol. The Labute approximate surface area is 128 Å². The van der Waals surface area contributed by atoms with Gasteiger partial charge in [0.1, 0.15) is 7.05 Å². The van der Waals surface area contributed by atoms with E-state index in [2.05, 4.69) is 36.4 Å². The van der Waals surface area contributed by atoms with E-state index in [9.17, 15) is 4.39 Å². The number of fused-ring (bicyclic) bond motifs is 3. The average Bonchev–Trinajstić information content (AvgIpc) is 2.57. The minimum atomic E-state index is -0.241. The minimum Gasteiger partial charge on any atom is -0.176 e. The fourth-order valence-corrected chi connectivity index (χ4v) is 3.00. The highest BCUT2D eigenvalue weighted by atomic mass is 19.1. The van der Waals surface area contributed by atoms with Crippen molar-refractivity contribution in [2.75, 3.05) is 0 Å². The van der Waals surface area contributed by atoms with Crippen LogP contribution in [0.3, 0.4) is 0 Å². The van der Waals surface area contributed by atoms with Gasteiger partial charge in [-0.15, -0.1) is 4.39 Å². The van der Waals surface area contributed by atoms with Gasteiger partial charge in [0.05, 0.1) is 0 Å². The maximum atomic E-state index is 13.9. The molecule has 1 aromatic heterocycles. The summed E-state index contributed by atoms with van der Waals surface area (Å²) in [6, 6.07) is 22.3. The molecule has 0 aliphatic heterocycles. The van der Waals surface area contributed by atoms with Gasteiger partial charge in [-0.2, -0.15) is 4.57 Å². The Morgan fingerprint density at radius 2 is 1.45 bits per heavy atom. The summed E-state index contributed by atoms with van der Waals surface area (Å²) in [5.74, 6) is -0.241. The first-order chi connectivity index (χ1) is 10.7. The summed E-state index contributed by atoms with van der Waals surface area (Å²) < 4.78 is 15.4. The van der Waals surface area contributed by atoms with Crippen LogP contribution in [0.1, 0.15) is 0 Å². The highest BCUT2D eigenvalue weighted by Gasteiger charge is 2.12. The Bertz CT molecular complexity index is 1000. The predicted molar refractivity (Wildman–Crippen MR) is 88.0 cm³/mol. The highest BCUT2D eigenvalue weighted by molar-refractivity contribution is 6.13. The highest BCUT2D eigenvalue weighted by Crippen LogP contribution is 2.34. The van der Waals surface area contributed by atoms with Gasteiger partial charge in [0.25, 0.3) is 0 Å². The molecule has 3 aromatic carbocycles. The fourth-order valence-electron chi connectivity index (χ4n) is 3.00. The van der Waals surface area contributed by atoms with Gasteiger partial charge in [-0.3, -0.25) is 0 Å². The molecule has 22 heavy (non-hydrogen) atoms. The number of aryl methyl sites for hydroxylation is 1. The fraction of sp³-hybridized carbons (Fsp3) is 0.0500. The minimum absolute atomic E-state index is 0.241. The van der Waals surface area contributed by atoms with Crippen molar-refractivity contribution in [3.63, 3.8) is 0 Å². The number of rotatable bonds is 1. The molecule has 4 aromatic rings. The first-order valence-electron chi connectivity index (χ1n) is 7.30. The standard InChI is InChI=1S/C20H15FN/c1-22-11-10-15(13-20(22)21)19-12-14-6-2-3-7-16(14)17-8-4-5-9-18(17)19/h2-13H,1H3/q+1. The van der Waals surface area contributed by atoms with Gasteiger partial charge in [-0.1, -0.05) is 48.5 Å². The number of nitrogens with zero attached hydrogens (tertiary/aromatic N) is 1. The zero-order valence-corrected chi connectivity index (χ0v) is 12.3. The number of halogens is 1. The smallest absolute Gasteiger partial charge is 0.176 e. The van der Waals surface area contributed by atoms with Gasteiger partial charge in [-0.05, 0) is 38.7 Å². The molecular formula is C20H15FN+. The lowest BCUT2D eigenvalue weighted by molar-refractivity contribution is -0.700. The van der Waals surface area contributed by atoms with Crippen LogP contribution < -0.4 is 4.57 Å². The third kappa shape index (κ3) is 1.96. The Balaban J connectivity index is 2.13. The van der Waals surface area contributed by atoms with E-state index in [1.807, 2.05) is 24.3 Å². The second kappa shape index (κ2) is 4.92. The number of hydrogen-bond donors (Lipinski definition) is 0. The zero-order valence-electron chi connectivity index (χ0n) is 12.3. The van der Waals surface area contributed by atoms with Crippen molar-refractivity contribution in [2.45, 2.75) is 0 Å². The van der Waals surface area contributed by atoms with Crippen molar-refractivity contribution >= 4 is 21.5 Å². The molecule has 0 saturated carbocycles. The van der Waals surface area contributed by atoms with Gasteiger partial charge in [0.2, 0.25) is 0 Å². The molecule has 106 valence electrons. The van der Waals surface area contributed by atoms with Crippen LogP contribution in [0.15, 0.2) is 72.9 Å². The topological polar surface area (TPSA) is 3.88 Å². The molecular weight excluding hydrogens is 273 g/mol. The van der Waals surface area contributed by atoms with E-state index in [0.717, 1.165) is 16.5 Å². The molecule has 0 unspecified atom stereocenters. The molecule has 0 aliphatic rings. The van der Waals surface area contributed by atoms with Crippen molar-refractivity contribution in [2.24, 2.45) is 7.05 Å². The van der Waals surface area contributed by atoms with Crippen LogP contribution in [-0.4, -0.2) is 0 Å². The van der Waals surface area contributed by atoms with Crippen LogP contribution in [0.25, 0.3) is 32.7 Å². The molecule has 0 fully saturated rings. The normalized spacial score (nSPS) is 11.2. The van der Waals surface area contributed by atoms with E-state index < -0.39 is 0 Å². The predicted octanol–water partition coefficient (Wildman–Crippen LogP) is 4.62. The lowest BCUT2D eigenvalue weighted by Gasteiger charge is -2.10. The van der Waals surface area contributed by atoms with Crippen LogP contribution in [0.5, 0.6) is 0 Å². The third-order valence-electron chi connectivity index (χ3n) is 4.17. The van der Waals surface area contributed by atoms with Crippen LogP contribution in [0.2, 0.25) is 0 Å². The Morgan fingerprint density at radius 3 is 2.23 bits per heavy atom. The molecule has 0 amide bonds.